The molecule has 1 aromatic carbocycles. The predicted octanol–water partition coefficient (Wildman–Crippen LogP) is 1.23. The van der Waals surface area contributed by atoms with Gasteiger partial charge in [-0.25, -0.2) is 0 Å². The van der Waals surface area contributed by atoms with Crippen LogP contribution in [0.5, 0.6) is 5.75 Å². The highest BCUT2D eigenvalue weighted by molar-refractivity contribution is 5.35. The van der Waals surface area contributed by atoms with E-state index in [0.29, 0.717) is 13.2 Å². The van der Waals surface area contributed by atoms with E-state index in [4.69, 9.17) is 10.5 Å². The van der Waals surface area contributed by atoms with Crippen molar-refractivity contribution in [2.45, 2.75) is 12.3 Å². The van der Waals surface area contributed by atoms with Crippen molar-refractivity contribution in [2.24, 2.45) is 5.73 Å². The van der Waals surface area contributed by atoms with Gasteiger partial charge in [-0.1, -0.05) is 12.1 Å². The van der Waals surface area contributed by atoms with Crippen molar-refractivity contribution in [2.75, 3.05) is 33.3 Å². The van der Waals surface area contributed by atoms with Crippen molar-refractivity contribution < 1.29 is 4.74 Å². The lowest BCUT2D eigenvalue weighted by Crippen LogP contribution is -2.61. The molecular weight excluding hydrogens is 200 g/mol. The van der Waals surface area contributed by atoms with Crippen molar-refractivity contribution in [3.63, 3.8) is 0 Å². The van der Waals surface area contributed by atoms with Crippen LogP contribution in [-0.4, -0.2) is 38.2 Å². The Morgan fingerprint density at radius 3 is 2.38 bits per heavy atom. The van der Waals surface area contributed by atoms with Gasteiger partial charge >= 0.3 is 0 Å². The number of likely N-dealkylation sites (tertiary alicyclic amines) is 1. The monoisotopic (exact) mass is 220 g/mol. The molecule has 0 radical (unpaired) electrons. The van der Waals surface area contributed by atoms with Gasteiger partial charge in [-0.15, -0.1) is 0 Å². The zero-order chi connectivity index (χ0) is 11.6. The van der Waals surface area contributed by atoms with E-state index in [1.807, 2.05) is 19.1 Å². The number of benzene rings is 1. The maximum Gasteiger partial charge on any atom is 0.119 e. The highest BCUT2D eigenvalue weighted by atomic mass is 16.5. The lowest BCUT2D eigenvalue weighted by molar-refractivity contribution is 0.100. The molecular formula is C13H20N2O. The number of likely N-dealkylation sites (N-methyl/N-ethyl adjacent to an activating group) is 1. The summed E-state index contributed by atoms with van der Waals surface area (Å²) in [6.07, 6.45) is 0. The Morgan fingerprint density at radius 2 is 1.94 bits per heavy atom. The van der Waals surface area contributed by atoms with Crippen LogP contribution >= 0.6 is 0 Å². The second-order valence-electron chi connectivity index (χ2n) is 4.61. The summed E-state index contributed by atoms with van der Waals surface area (Å²) in [7, 11) is 2.13. The van der Waals surface area contributed by atoms with Gasteiger partial charge in [-0.05, 0) is 31.7 Å². The molecule has 0 saturated carbocycles. The van der Waals surface area contributed by atoms with Crippen LogP contribution in [0.4, 0.5) is 0 Å². The van der Waals surface area contributed by atoms with Gasteiger partial charge in [-0.2, -0.15) is 0 Å². The summed E-state index contributed by atoms with van der Waals surface area (Å²) >= 11 is 0. The molecule has 0 bridgehead atoms. The summed E-state index contributed by atoms with van der Waals surface area (Å²) in [4.78, 5) is 2.29. The van der Waals surface area contributed by atoms with Gasteiger partial charge in [0.2, 0.25) is 0 Å². The summed E-state index contributed by atoms with van der Waals surface area (Å²) < 4.78 is 5.44. The lowest BCUT2D eigenvalue weighted by atomic mass is 9.74. The summed E-state index contributed by atoms with van der Waals surface area (Å²) in [5.41, 5.74) is 7.40. The molecule has 0 unspecified atom stereocenters. The smallest absolute Gasteiger partial charge is 0.119 e. The van der Waals surface area contributed by atoms with Crippen LogP contribution in [0.25, 0.3) is 0 Å². The maximum atomic E-state index is 5.90. The molecule has 1 aromatic rings. The van der Waals surface area contributed by atoms with Gasteiger partial charge < -0.3 is 15.4 Å². The third-order valence-electron chi connectivity index (χ3n) is 3.31. The number of nitrogens with zero attached hydrogens (tertiary/aromatic N) is 1. The Kier molecular flexibility index (Phi) is 3.17. The van der Waals surface area contributed by atoms with Gasteiger partial charge in [0.05, 0.1) is 6.61 Å². The minimum Gasteiger partial charge on any atom is -0.494 e. The highest BCUT2D eigenvalue weighted by Crippen LogP contribution is 2.33. The summed E-state index contributed by atoms with van der Waals surface area (Å²) in [6, 6.07) is 8.36. The SMILES string of the molecule is CCOc1ccc(C2(CN)CN(C)C2)cc1. The number of hydrogen-bond acceptors (Lipinski definition) is 3. The number of hydrogen-bond donors (Lipinski definition) is 1. The second kappa shape index (κ2) is 4.44. The Labute approximate surface area is 97.2 Å². The standard InChI is InChI=1S/C13H20N2O/c1-3-16-12-6-4-11(5-7-12)13(8-14)9-15(2)10-13/h4-7H,3,8-10,14H2,1-2H3. The molecule has 0 atom stereocenters. The average molecular weight is 220 g/mol. The third kappa shape index (κ3) is 1.93. The van der Waals surface area contributed by atoms with E-state index >= 15 is 0 Å². The van der Waals surface area contributed by atoms with E-state index in [9.17, 15) is 0 Å². The summed E-state index contributed by atoms with van der Waals surface area (Å²) in [6.45, 7) is 5.53. The molecule has 3 heteroatoms. The Hall–Kier alpha value is -1.06. The number of nitrogens with two attached hydrogens (primary N) is 1. The zero-order valence-electron chi connectivity index (χ0n) is 10.1. The van der Waals surface area contributed by atoms with Crippen LogP contribution in [0.1, 0.15) is 12.5 Å². The first-order valence-electron chi connectivity index (χ1n) is 5.82. The van der Waals surface area contributed by atoms with Crippen molar-refractivity contribution in [1.82, 2.24) is 4.90 Å². The fourth-order valence-corrected chi connectivity index (χ4v) is 2.49. The van der Waals surface area contributed by atoms with Crippen molar-refractivity contribution >= 4 is 0 Å². The van der Waals surface area contributed by atoms with E-state index in [1.165, 1.54) is 5.56 Å². The molecule has 1 fully saturated rings. The first-order valence-corrected chi connectivity index (χ1v) is 5.82. The normalized spacial score (nSPS) is 19.2. The molecule has 1 saturated heterocycles. The molecule has 16 heavy (non-hydrogen) atoms. The van der Waals surface area contributed by atoms with Crippen LogP contribution in [0.2, 0.25) is 0 Å². The van der Waals surface area contributed by atoms with Crippen LogP contribution < -0.4 is 10.5 Å². The molecule has 0 aliphatic carbocycles. The molecule has 0 aromatic heterocycles. The predicted molar refractivity (Wildman–Crippen MR) is 65.8 cm³/mol. The van der Waals surface area contributed by atoms with Crippen molar-refractivity contribution in [3.05, 3.63) is 29.8 Å². The second-order valence-corrected chi connectivity index (χ2v) is 4.61. The Balaban J connectivity index is 2.14. The molecule has 0 amide bonds. The van der Waals surface area contributed by atoms with Gasteiger partial charge in [-0.3, -0.25) is 0 Å². The first-order chi connectivity index (χ1) is 7.70. The van der Waals surface area contributed by atoms with E-state index in [2.05, 4.69) is 24.1 Å². The molecule has 1 aliphatic rings. The largest absolute Gasteiger partial charge is 0.494 e. The summed E-state index contributed by atoms with van der Waals surface area (Å²) in [5.74, 6) is 0.936. The first kappa shape index (κ1) is 11.4. The number of ether oxygens (including phenoxy) is 1. The van der Waals surface area contributed by atoms with Gasteiger partial charge in [0.1, 0.15) is 5.75 Å². The van der Waals surface area contributed by atoms with Crippen LogP contribution in [0, 0.1) is 0 Å². The van der Waals surface area contributed by atoms with Crippen LogP contribution in [0.15, 0.2) is 24.3 Å². The maximum absolute atomic E-state index is 5.90. The average Bonchev–Trinajstić information content (AvgIpc) is 2.26. The fourth-order valence-electron chi connectivity index (χ4n) is 2.49. The Bertz CT molecular complexity index is 341. The van der Waals surface area contributed by atoms with E-state index in [-0.39, 0.29) is 5.41 Å². The number of rotatable bonds is 4. The van der Waals surface area contributed by atoms with Gasteiger partial charge in [0, 0.05) is 25.0 Å². The quantitative estimate of drug-likeness (QED) is 0.829. The van der Waals surface area contributed by atoms with Crippen molar-refractivity contribution in [1.29, 1.82) is 0 Å². The molecule has 0 spiro atoms. The minimum atomic E-state index is 0.166. The zero-order valence-corrected chi connectivity index (χ0v) is 10.1. The summed E-state index contributed by atoms with van der Waals surface area (Å²) in [5, 5.41) is 0. The van der Waals surface area contributed by atoms with E-state index in [1.54, 1.807) is 0 Å². The lowest BCUT2D eigenvalue weighted by Gasteiger charge is -2.48. The third-order valence-corrected chi connectivity index (χ3v) is 3.31. The molecule has 1 heterocycles. The fraction of sp³-hybridized carbons (Fsp3) is 0.538. The van der Waals surface area contributed by atoms with Gasteiger partial charge in [0.25, 0.3) is 0 Å². The minimum absolute atomic E-state index is 0.166. The van der Waals surface area contributed by atoms with Crippen LogP contribution in [-0.2, 0) is 5.41 Å². The highest BCUT2D eigenvalue weighted by Gasteiger charge is 2.41. The molecule has 1 aliphatic heterocycles. The topological polar surface area (TPSA) is 38.5 Å². The van der Waals surface area contributed by atoms with Gasteiger partial charge in [0.15, 0.2) is 0 Å². The van der Waals surface area contributed by atoms with Crippen molar-refractivity contribution in [3.8, 4) is 5.75 Å². The van der Waals surface area contributed by atoms with Crippen LogP contribution in [0.3, 0.4) is 0 Å². The molecule has 3 nitrogen and oxygen atoms in total. The molecule has 2 rings (SSSR count). The Morgan fingerprint density at radius 1 is 1.31 bits per heavy atom. The molecule has 88 valence electrons. The molecule has 2 N–H and O–H groups in total. The van der Waals surface area contributed by atoms with E-state index < -0.39 is 0 Å². The van der Waals surface area contributed by atoms with E-state index in [0.717, 1.165) is 18.8 Å².